The Morgan fingerprint density at radius 1 is 1.19 bits per heavy atom. The van der Waals surface area contributed by atoms with E-state index in [1.807, 2.05) is 31.2 Å². The van der Waals surface area contributed by atoms with Crippen LogP contribution in [-0.4, -0.2) is 43.5 Å². The predicted molar refractivity (Wildman–Crippen MR) is 97.3 cm³/mol. The van der Waals surface area contributed by atoms with Crippen molar-refractivity contribution >= 4 is 12.0 Å². The Hall–Kier alpha value is -2.28. The van der Waals surface area contributed by atoms with E-state index in [4.69, 9.17) is 14.6 Å². The molecule has 0 aliphatic heterocycles. The normalized spacial score (nSPS) is 20.8. The number of carboxylic acid groups (broad SMARTS) is 1. The van der Waals surface area contributed by atoms with E-state index in [0.29, 0.717) is 38.9 Å². The van der Waals surface area contributed by atoms with Gasteiger partial charge in [0.15, 0.2) is 0 Å². The van der Waals surface area contributed by atoms with Gasteiger partial charge < -0.3 is 25.2 Å². The van der Waals surface area contributed by atoms with Gasteiger partial charge in [-0.1, -0.05) is 12.1 Å². The largest absolute Gasteiger partial charge is 0.494 e. The van der Waals surface area contributed by atoms with Crippen LogP contribution in [0.4, 0.5) is 4.79 Å². The number of aliphatic carboxylic acids is 1. The van der Waals surface area contributed by atoms with Gasteiger partial charge >= 0.3 is 12.0 Å². The highest BCUT2D eigenvalue weighted by molar-refractivity contribution is 5.75. The molecule has 0 saturated heterocycles. The lowest BCUT2D eigenvalue weighted by atomic mass is 9.86. The number of urea groups is 1. The number of carbonyl (C=O) groups excluding carboxylic acids is 1. The molecule has 1 aromatic rings. The second kappa shape index (κ2) is 10.0. The smallest absolute Gasteiger partial charge is 0.315 e. The molecule has 2 amide bonds. The third-order valence-electron chi connectivity index (χ3n) is 4.64. The zero-order valence-electron chi connectivity index (χ0n) is 15.4. The summed E-state index contributed by atoms with van der Waals surface area (Å²) in [5.74, 6) is -0.253. The Morgan fingerprint density at radius 2 is 1.85 bits per heavy atom. The summed E-state index contributed by atoms with van der Waals surface area (Å²) in [6.07, 6.45) is 2.56. The molecule has 0 bridgehead atoms. The molecule has 0 spiro atoms. The first-order valence-corrected chi connectivity index (χ1v) is 9.05. The Bertz CT molecular complexity index is 582. The molecule has 0 radical (unpaired) electrons. The highest BCUT2D eigenvalue weighted by Crippen LogP contribution is 2.24. The summed E-state index contributed by atoms with van der Waals surface area (Å²) in [5.41, 5.74) is 0.931. The highest BCUT2D eigenvalue weighted by Gasteiger charge is 2.27. The van der Waals surface area contributed by atoms with Crippen LogP contribution in [-0.2, 0) is 9.53 Å². The van der Waals surface area contributed by atoms with Gasteiger partial charge in [0.2, 0.25) is 0 Å². The van der Waals surface area contributed by atoms with Gasteiger partial charge in [-0.3, -0.25) is 4.79 Å². The zero-order chi connectivity index (χ0) is 18.9. The first-order chi connectivity index (χ1) is 12.5. The molecule has 1 fully saturated rings. The fourth-order valence-corrected chi connectivity index (χ4v) is 3.22. The minimum Gasteiger partial charge on any atom is -0.494 e. The maximum atomic E-state index is 12.3. The van der Waals surface area contributed by atoms with Gasteiger partial charge in [-0.15, -0.1) is 0 Å². The fraction of sp³-hybridized carbons (Fsp3) is 0.579. The number of nitrogens with one attached hydrogen (secondary N) is 2. The van der Waals surface area contributed by atoms with Crippen LogP contribution in [0.15, 0.2) is 24.3 Å². The molecule has 1 unspecified atom stereocenters. The van der Waals surface area contributed by atoms with Gasteiger partial charge in [-0.25, -0.2) is 4.79 Å². The summed E-state index contributed by atoms with van der Waals surface area (Å²) in [5, 5.41) is 14.9. The van der Waals surface area contributed by atoms with Crippen LogP contribution < -0.4 is 15.4 Å². The molecule has 1 atom stereocenters. The van der Waals surface area contributed by atoms with Crippen molar-refractivity contribution in [3.05, 3.63) is 29.8 Å². The van der Waals surface area contributed by atoms with Crippen molar-refractivity contribution in [3.63, 3.8) is 0 Å². The lowest BCUT2D eigenvalue weighted by Gasteiger charge is -2.28. The topological polar surface area (TPSA) is 96.9 Å². The van der Waals surface area contributed by atoms with Gasteiger partial charge in [0.05, 0.1) is 25.2 Å². The minimum absolute atomic E-state index is 0.00845. The molecule has 1 aromatic carbocycles. The van der Waals surface area contributed by atoms with Crippen LogP contribution in [0, 0.1) is 5.92 Å². The SMILES string of the molecule is CCOc1ccc(C(COC)NC(=O)NC2CCC(C(=O)O)CC2)cc1. The first-order valence-electron chi connectivity index (χ1n) is 9.05. The predicted octanol–water partition coefficient (Wildman–Crippen LogP) is 2.72. The van der Waals surface area contributed by atoms with E-state index in [-0.39, 0.29) is 24.0 Å². The Labute approximate surface area is 154 Å². The molecule has 0 heterocycles. The molecule has 1 saturated carbocycles. The van der Waals surface area contributed by atoms with E-state index < -0.39 is 5.97 Å². The summed E-state index contributed by atoms with van der Waals surface area (Å²) in [6, 6.07) is 7.03. The van der Waals surface area contributed by atoms with Gasteiger partial charge in [0, 0.05) is 13.2 Å². The van der Waals surface area contributed by atoms with Crippen LogP contribution in [0.1, 0.15) is 44.2 Å². The summed E-state index contributed by atoms with van der Waals surface area (Å²) >= 11 is 0. The number of hydrogen-bond acceptors (Lipinski definition) is 4. The lowest BCUT2D eigenvalue weighted by Crippen LogP contribution is -2.46. The van der Waals surface area contributed by atoms with Crippen molar-refractivity contribution in [1.29, 1.82) is 0 Å². The molecule has 26 heavy (non-hydrogen) atoms. The van der Waals surface area contributed by atoms with E-state index in [1.54, 1.807) is 7.11 Å². The van der Waals surface area contributed by atoms with E-state index >= 15 is 0 Å². The second-order valence-corrected chi connectivity index (χ2v) is 6.51. The van der Waals surface area contributed by atoms with Gasteiger partial charge in [0.25, 0.3) is 0 Å². The van der Waals surface area contributed by atoms with Crippen molar-refractivity contribution in [2.75, 3.05) is 20.3 Å². The molecular weight excluding hydrogens is 336 g/mol. The molecule has 1 aliphatic carbocycles. The van der Waals surface area contributed by atoms with Gasteiger partial charge in [-0.05, 0) is 50.3 Å². The highest BCUT2D eigenvalue weighted by atomic mass is 16.5. The van der Waals surface area contributed by atoms with Crippen LogP contribution in [0.25, 0.3) is 0 Å². The van der Waals surface area contributed by atoms with E-state index in [1.165, 1.54) is 0 Å². The maximum absolute atomic E-state index is 12.3. The quantitative estimate of drug-likeness (QED) is 0.659. The monoisotopic (exact) mass is 364 g/mol. The summed E-state index contributed by atoms with van der Waals surface area (Å²) in [4.78, 5) is 23.3. The van der Waals surface area contributed by atoms with E-state index in [2.05, 4.69) is 10.6 Å². The number of carboxylic acids is 1. The van der Waals surface area contributed by atoms with E-state index in [9.17, 15) is 9.59 Å². The summed E-state index contributed by atoms with van der Waals surface area (Å²) in [6.45, 7) is 2.89. The average molecular weight is 364 g/mol. The standard InChI is InChI=1S/C19H28N2O5/c1-3-26-16-10-6-13(7-11-16)17(12-25-2)21-19(24)20-15-8-4-14(5-9-15)18(22)23/h6-7,10-11,14-15,17H,3-5,8-9,12H2,1-2H3,(H,22,23)(H2,20,21,24). The molecule has 7 heteroatoms. The summed E-state index contributed by atoms with van der Waals surface area (Å²) < 4.78 is 10.7. The fourth-order valence-electron chi connectivity index (χ4n) is 3.22. The number of benzene rings is 1. The van der Waals surface area contributed by atoms with Crippen molar-refractivity contribution in [1.82, 2.24) is 10.6 Å². The molecule has 144 valence electrons. The molecule has 7 nitrogen and oxygen atoms in total. The second-order valence-electron chi connectivity index (χ2n) is 6.51. The lowest BCUT2D eigenvalue weighted by molar-refractivity contribution is -0.142. The van der Waals surface area contributed by atoms with Crippen LogP contribution in [0.5, 0.6) is 5.75 Å². The van der Waals surface area contributed by atoms with Crippen molar-refractivity contribution < 1.29 is 24.2 Å². The molecule has 0 aromatic heterocycles. The third kappa shape index (κ3) is 5.91. The van der Waals surface area contributed by atoms with Gasteiger partial charge in [0.1, 0.15) is 5.75 Å². The molecule has 2 rings (SSSR count). The minimum atomic E-state index is -0.747. The Kier molecular flexibility index (Phi) is 7.72. The molecular formula is C19H28N2O5. The Balaban J connectivity index is 1.88. The van der Waals surface area contributed by atoms with Crippen molar-refractivity contribution in [2.24, 2.45) is 5.92 Å². The zero-order valence-corrected chi connectivity index (χ0v) is 15.4. The summed E-state index contributed by atoms with van der Waals surface area (Å²) in [7, 11) is 1.59. The number of amides is 2. The van der Waals surface area contributed by atoms with Crippen molar-refractivity contribution in [2.45, 2.75) is 44.7 Å². The number of rotatable bonds is 8. The average Bonchev–Trinajstić information content (AvgIpc) is 2.63. The third-order valence-corrected chi connectivity index (χ3v) is 4.64. The number of hydrogen-bond donors (Lipinski definition) is 3. The van der Waals surface area contributed by atoms with Crippen LogP contribution in [0.3, 0.4) is 0 Å². The number of carbonyl (C=O) groups is 2. The molecule has 1 aliphatic rings. The Morgan fingerprint density at radius 3 is 2.38 bits per heavy atom. The first kappa shape index (κ1) is 20.0. The van der Waals surface area contributed by atoms with Crippen LogP contribution in [0.2, 0.25) is 0 Å². The van der Waals surface area contributed by atoms with E-state index in [0.717, 1.165) is 11.3 Å². The maximum Gasteiger partial charge on any atom is 0.315 e. The number of methoxy groups -OCH3 is 1. The molecule has 3 N–H and O–H groups in total. The van der Waals surface area contributed by atoms with Crippen LogP contribution >= 0.6 is 0 Å². The van der Waals surface area contributed by atoms with Crippen molar-refractivity contribution in [3.8, 4) is 5.75 Å². The van der Waals surface area contributed by atoms with Gasteiger partial charge in [-0.2, -0.15) is 0 Å². The number of ether oxygens (including phenoxy) is 2.